The van der Waals surface area contributed by atoms with E-state index < -0.39 is 0 Å². The van der Waals surface area contributed by atoms with Crippen molar-refractivity contribution < 1.29 is 0 Å². The summed E-state index contributed by atoms with van der Waals surface area (Å²) in [5, 5.41) is 0. The number of hydrogen-bond acceptors (Lipinski definition) is 0. The van der Waals surface area contributed by atoms with Crippen molar-refractivity contribution in [1.29, 1.82) is 0 Å². The zero-order valence-electron chi connectivity index (χ0n) is 15.9. The van der Waals surface area contributed by atoms with Gasteiger partial charge in [-0.1, -0.05) is 106 Å². The minimum atomic E-state index is 0. The first-order valence-electron chi connectivity index (χ1n) is 10.7. The minimum Gasteiger partial charge on any atom is -0.0776 e. The molecule has 0 aromatic carbocycles. The first kappa shape index (κ1) is 25.1. The van der Waals surface area contributed by atoms with Gasteiger partial charge in [-0.15, -0.1) is 0 Å². The van der Waals surface area contributed by atoms with Crippen LogP contribution in [0, 0.1) is 35.5 Å². The largest absolute Gasteiger partial charge is 0.0776 e. The maximum Gasteiger partial charge on any atom is 0 e. The van der Waals surface area contributed by atoms with Crippen molar-refractivity contribution in [1.82, 2.24) is 0 Å². The molecule has 0 spiro atoms. The van der Waals surface area contributed by atoms with Crippen LogP contribution in [0.1, 0.15) is 119 Å². The zero-order chi connectivity index (χ0) is 15.4. The Balaban J connectivity index is 0.00000192. The van der Waals surface area contributed by atoms with Gasteiger partial charge in [-0.25, -0.2) is 0 Å². The third kappa shape index (κ3) is 8.09. The first-order valence-corrected chi connectivity index (χ1v) is 10.7. The summed E-state index contributed by atoms with van der Waals surface area (Å²) < 4.78 is 0. The highest BCUT2D eigenvalue weighted by Crippen LogP contribution is 2.41. The predicted molar refractivity (Wildman–Crippen MR) is 116 cm³/mol. The van der Waals surface area contributed by atoms with Crippen LogP contribution >= 0.6 is 0 Å². The van der Waals surface area contributed by atoms with Crippen LogP contribution in [0.5, 0.6) is 0 Å². The van der Waals surface area contributed by atoms with E-state index in [1.54, 1.807) is 64.2 Å². The van der Waals surface area contributed by atoms with Gasteiger partial charge >= 0.3 is 0 Å². The summed E-state index contributed by atoms with van der Waals surface area (Å²) in [4.78, 5) is 0. The average Bonchev–Trinajstić information content (AvgIpc) is 2.54. The summed E-state index contributed by atoms with van der Waals surface area (Å²) in [7, 11) is 0. The molecule has 0 aromatic rings. The molecule has 0 aromatic heterocycles. The van der Waals surface area contributed by atoms with Gasteiger partial charge < -0.3 is 0 Å². The van der Waals surface area contributed by atoms with Crippen molar-refractivity contribution in [2.45, 2.75) is 119 Å². The normalized spacial score (nSPS) is 38.6. The molecular formula is C24H48B. The van der Waals surface area contributed by atoms with Crippen LogP contribution in [0.4, 0.5) is 0 Å². The van der Waals surface area contributed by atoms with E-state index in [-0.39, 0.29) is 23.3 Å². The van der Waals surface area contributed by atoms with E-state index in [9.17, 15) is 0 Å². The molecule has 0 aliphatic heterocycles. The minimum absolute atomic E-state index is 0. The quantitative estimate of drug-likeness (QED) is 0.450. The molecule has 0 heterocycles. The molecule has 0 N–H and O–H groups in total. The fourth-order valence-corrected chi connectivity index (χ4v) is 5.78. The summed E-state index contributed by atoms with van der Waals surface area (Å²) in [5.74, 6) is 6.42. The van der Waals surface area contributed by atoms with E-state index in [1.165, 1.54) is 25.7 Å². The second kappa shape index (κ2) is 12.5. The number of hydrogen-bond donors (Lipinski definition) is 0. The molecule has 3 radical (unpaired) electrons. The Bertz CT molecular complexity index is 270. The summed E-state index contributed by atoms with van der Waals surface area (Å²) >= 11 is 0. The average molecular weight is 347 g/mol. The van der Waals surface area contributed by atoms with E-state index in [0.29, 0.717) is 0 Å². The monoisotopic (exact) mass is 347 g/mol. The lowest BCUT2D eigenvalue weighted by Crippen LogP contribution is -2.22. The van der Waals surface area contributed by atoms with Gasteiger partial charge in [0.1, 0.15) is 0 Å². The van der Waals surface area contributed by atoms with Crippen LogP contribution in [-0.4, -0.2) is 8.41 Å². The molecule has 0 atom stereocenters. The van der Waals surface area contributed by atoms with Gasteiger partial charge in [0.15, 0.2) is 0 Å². The Morgan fingerprint density at radius 3 is 0.880 bits per heavy atom. The Morgan fingerprint density at radius 1 is 0.440 bits per heavy atom. The molecule has 0 unspecified atom stereocenters. The second-order valence-corrected chi connectivity index (χ2v) is 9.61. The van der Waals surface area contributed by atoms with Crippen molar-refractivity contribution in [3.63, 3.8) is 0 Å². The fraction of sp³-hybridized carbons (Fsp3) is 1.00. The highest BCUT2D eigenvalue weighted by molar-refractivity contribution is 5.75. The Kier molecular flexibility index (Phi) is 12.5. The third-order valence-electron chi connectivity index (χ3n) is 7.57. The maximum absolute atomic E-state index is 2.45. The number of rotatable bonds is 4. The van der Waals surface area contributed by atoms with Crippen molar-refractivity contribution in [2.75, 3.05) is 0 Å². The van der Waals surface area contributed by atoms with Crippen LogP contribution in [-0.2, 0) is 0 Å². The first-order chi connectivity index (χ1) is 10.7. The van der Waals surface area contributed by atoms with Gasteiger partial charge in [0, 0.05) is 8.41 Å². The summed E-state index contributed by atoms with van der Waals surface area (Å²) in [6, 6.07) is 0. The highest BCUT2D eigenvalue weighted by Gasteiger charge is 2.28. The predicted octanol–water partition coefficient (Wildman–Crippen LogP) is 8.12. The molecule has 3 saturated carbocycles. The van der Waals surface area contributed by atoms with Gasteiger partial charge in [0.2, 0.25) is 0 Å². The molecule has 0 nitrogen and oxygen atoms in total. The van der Waals surface area contributed by atoms with Gasteiger partial charge in [-0.2, -0.15) is 0 Å². The molecule has 3 fully saturated rings. The topological polar surface area (TPSA) is 0 Å². The third-order valence-corrected chi connectivity index (χ3v) is 7.57. The molecule has 3 aliphatic rings. The van der Waals surface area contributed by atoms with Crippen LogP contribution in [0.3, 0.4) is 0 Å². The Labute approximate surface area is 162 Å². The standard InChI is InChI=1S/C22H40.2CH4.B/c1-17-3-7-19(8-4-17)15-21-11-13-22(14-12-21)16-20-9-5-18(2)6-10-20;;;/h17-22H,3-16H2,1-2H3;2*1H4;. The van der Waals surface area contributed by atoms with E-state index in [0.717, 1.165) is 35.5 Å². The lowest BCUT2D eigenvalue weighted by atomic mass is 9.70. The molecule has 0 saturated heterocycles. The maximum atomic E-state index is 2.45. The molecule has 0 bridgehead atoms. The molecule has 3 rings (SSSR count). The van der Waals surface area contributed by atoms with E-state index in [4.69, 9.17) is 0 Å². The summed E-state index contributed by atoms with van der Waals surface area (Å²) in [6.45, 7) is 4.90. The summed E-state index contributed by atoms with van der Waals surface area (Å²) in [5.41, 5.74) is 0. The molecule has 25 heavy (non-hydrogen) atoms. The van der Waals surface area contributed by atoms with Crippen LogP contribution in [0.15, 0.2) is 0 Å². The lowest BCUT2D eigenvalue weighted by molar-refractivity contribution is 0.168. The van der Waals surface area contributed by atoms with Crippen molar-refractivity contribution >= 4 is 8.41 Å². The molecule has 3 aliphatic carbocycles. The van der Waals surface area contributed by atoms with Gasteiger partial charge in [-0.3, -0.25) is 0 Å². The fourth-order valence-electron chi connectivity index (χ4n) is 5.78. The van der Waals surface area contributed by atoms with Crippen LogP contribution in [0.2, 0.25) is 0 Å². The lowest BCUT2D eigenvalue weighted by Gasteiger charge is -2.35. The van der Waals surface area contributed by atoms with Crippen LogP contribution in [0.25, 0.3) is 0 Å². The van der Waals surface area contributed by atoms with Gasteiger partial charge in [0.05, 0.1) is 0 Å². The molecular weight excluding hydrogens is 299 g/mol. The Hall–Kier alpha value is 0.0649. The van der Waals surface area contributed by atoms with Crippen molar-refractivity contribution in [2.24, 2.45) is 35.5 Å². The Morgan fingerprint density at radius 2 is 0.640 bits per heavy atom. The van der Waals surface area contributed by atoms with E-state index in [1.807, 2.05) is 0 Å². The van der Waals surface area contributed by atoms with Gasteiger partial charge in [-0.05, 0) is 48.3 Å². The van der Waals surface area contributed by atoms with E-state index in [2.05, 4.69) is 13.8 Å². The van der Waals surface area contributed by atoms with E-state index >= 15 is 0 Å². The van der Waals surface area contributed by atoms with Crippen molar-refractivity contribution in [3.05, 3.63) is 0 Å². The zero-order valence-corrected chi connectivity index (χ0v) is 15.9. The molecule has 147 valence electrons. The van der Waals surface area contributed by atoms with Crippen molar-refractivity contribution in [3.8, 4) is 0 Å². The van der Waals surface area contributed by atoms with Gasteiger partial charge in [0.25, 0.3) is 0 Å². The highest BCUT2D eigenvalue weighted by atomic mass is 14.3. The second-order valence-electron chi connectivity index (χ2n) is 9.61. The smallest absolute Gasteiger partial charge is 0 e. The summed E-state index contributed by atoms with van der Waals surface area (Å²) in [6.07, 6.45) is 21.7. The van der Waals surface area contributed by atoms with Crippen LogP contribution < -0.4 is 0 Å². The molecule has 1 heteroatoms. The SMILES string of the molecule is C.C.CC1CCC(CC2CCC(CC3CCC(C)CC3)CC2)CC1.[B]. The molecule has 0 amide bonds.